The van der Waals surface area contributed by atoms with Gasteiger partial charge >= 0.3 is 0 Å². The van der Waals surface area contributed by atoms with Crippen molar-refractivity contribution < 1.29 is 9.13 Å². The van der Waals surface area contributed by atoms with E-state index in [1.54, 1.807) is 12.1 Å². The Kier molecular flexibility index (Phi) is 4.64. The lowest BCUT2D eigenvalue weighted by Crippen LogP contribution is -2.58. The minimum atomic E-state index is -0.306. The van der Waals surface area contributed by atoms with E-state index in [0.29, 0.717) is 30.2 Å². The molecule has 1 fully saturated rings. The van der Waals surface area contributed by atoms with Crippen LogP contribution in [0, 0.1) is 5.82 Å². The average molecular weight is 315 g/mol. The van der Waals surface area contributed by atoms with Gasteiger partial charge in [0.15, 0.2) is 0 Å². The molecule has 0 spiro atoms. The molecule has 1 aliphatic rings. The summed E-state index contributed by atoms with van der Waals surface area (Å²) in [7, 11) is 0. The summed E-state index contributed by atoms with van der Waals surface area (Å²) in [5.74, 6) is -0.306. The second-order valence-electron chi connectivity index (χ2n) is 6.94. The fraction of sp³-hybridized carbons (Fsp3) is 0.625. The molecule has 21 heavy (non-hydrogen) atoms. The Hall–Kier alpha value is -0.680. The van der Waals surface area contributed by atoms with E-state index in [1.807, 2.05) is 27.7 Å². The second-order valence-corrected chi connectivity index (χ2v) is 7.38. The standard InChI is InChI=1S/C16H24ClFN2O/c1-15(2)9-20(10-16(3,4)21-15)14(8-19)12-6-5-11(17)7-13(12)18/h5-7,14H,8-10,19H2,1-4H3. The van der Waals surface area contributed by atoms with Gasteiger partial charge in [0, 0.05) is 30.2 Å². The van der Waals surface area contributed by atoms with E-state index in [9.17, 15) is 4.39 Å². The van der Waals surface area contributed by atoms with Crippen LogP contribution in [0.2, 0.25) is 5.02 Å². The fourth-order valence-electron chi connectivity index (χ4n) is 3.31. The topological polar surface area (TPSA) is 38.5 Å². The van der Waals surface area contributed by atoms with Crippen LogP contribution in [0.4, 0.5) is 4.39 Å². The summed E-state index contributed by atoms with van der Waals surface area (Å²) in [6.07, 6.45) is 0. The summed E-state index contributed by atoms with van der Waals surface area (Å²) < 4.78 is 20.3. The molecule has 0 amide bonds. The molecule has 0 bridgehead atoms. The summed E-state index contributed by atoms with van der Waals surface area (Å²) in [6.45, 7) is 9.96. The molecule has 2 N–H and O–H groups in total. The van der Waals surface area contributed by atoms with Crippen LogP contribution in [0.3, 0.4) is 0 Å². The SMILES string of the molecule is CC1(C)CN(C(CN)c2ccc(Cl)cc2F)CC(C)(C)O1. The molecule has 5 heteroatoms. The number of rotatable bonds is 3. The Morgan fingerprint density at radius 3 is 2.33 bits per heavy atom. The average Bonchev–Trinajstić information content (AvgIpc) is 2.28. The van der Waals surface area contributed by atoms with Crippen molar-refractivity contribution in [1.29, 1.82) is 0 Å². The molecule has 0 aliphatic carbocycles. The molecule has 1 saturated heterocycles. The third-order valence-electron chi connectivity index (χ3n) is 3.71. The molecular weight excluding hydrogens is 291 g/mol. The van der Waals surface area contributed by atoms with Crippen LogP contribution in [0.15, 0.2) is 18.2 Å². The maximum absolute atomic E-state index is 14.2. The molecule has 1 unspecified atom stereocenters. The van der Waals surface area contributed by atoms with Crippen LogP contribution in [-0.4, -0.2) is 35.7 Å². The van der Waals surface area contributed by atoms with Gasteiger partial charge < -0.3 is 10.5 Å². The lowest BCUT2D eigenvalue weighted by atomic mass is 9.95. The van der Waals surface area contributed by atoms with Gasteiger partial charge in [-0.05, 0) is 39.8 Å². The minimum absolute atomic E-state index is 0.176. The van der Waals surface area contributed by atoms with Gasteiger partial charge in [-0.15, -0.1) is 0 Å². The van der Waals surface area contributed by atoms with Crippen molar-refractivity contribution >= 4 is 11.6 Å². The summed E-state index contributed by atoms with van der Waals surface area (Å²) in [5, 5.41) is 0.398. The van der Waals surface area contributed by atoms with Crippen LogP contribution >= 0.6 is 11.6 Å². The van der Waals surface area contributed by atoms with Gasteiger partial charge in [-0.1, -0.05) is 17.7 Å². The van der Waals surface area contributed by atoms with Gasteiger partial charge in [0.25, 0.3) is 0 Å². The van der Waals surface area contributed by atoms with Gasteiger partial charge in [0.2, 0.25) is 0 Å². The number of nitrogens with two attached hydrogens (primary N) is 1. The zero-order valence-corrected chi connectivity index (χ0v) is 13.9. The number of benzene rings is 1. The van der Waals surface area contributed by atoms with Crippen LogP contribution < -0.4 is 5.73 Å². The van der Waals surface area contributed by atoms with Gasteiger partial charge in [-0.25, -0.2) is 4.39 Å². The van der Waals surface area contributed by atoms with Crippen LogP contribution in [0.25, 0.3) is 0 Å². The number of hydrogen-bond acceptors (Lipinski definition) is 3. The Balaban J connectivity index is 2.32. The first kappa shape index (κ1) is 16.7. The van der Waals surface area contributed by atoms with Crippen molar-refractivity contribution in [2.75, 3.05) is 19.6 Å². The number of halogens is 2. The van der Waals surface area contributed by atoms with Crippen LogP contribution in [0.5, 0.6) is 0 Å². The molecular formula is C16H24ClFN2O. The molecule has 1 atom stereocenters. The van der Waals surface area contributed by atoms with Crippen molar-refractivity contribution in [2.45, 2.75) is 44.9 Å². The normalized spacial score (nSPS) is 23.0. The molecule has 1 aromatic rings. The summed E-state index contributed by atoms with van der Waals surface area (Å²) in [5.41, 5.74) is 5.94. The first-order chi connectivity index (χ1) is 9.63. The molecule has 118 valence electrons. The Morgan fingerprint density at radius 1 is 1.29 bits per heavy atom. The number of ether oxygens (including phenoxy) is 1. The van der Waals surface area contributed by atoms with E-state index < -0.39 is 0 Å². The lowest BCUT2D eigenvalue weighted by molar-refractivity contribution is -0.187. The first-order valence-corrected chi connectivity index (χ1v) is 7.61. The molecule has 3 nitrogen and oxygen atoms in total. The smallest absolute Gasteiger partial charge is 0.129 e. The van der Waals surface area contributed by atoms with Crippen LogP contribution in [0.1, 0.15) is 39.3 Å². The summed E-state index contributed by atoms with van der Waals surface area (Å²) >= 11 is 5.84. The molecule has 0 radical (unpaired) electrons. The monoisotopic (exact) mass is 314 g/mol. The second kappa shape index (κ2) is 5.84. The molecule has 0 saturated carbocycles. The quantitative estimate of drug-likeness (QED) is 0.929. The third-order valence-corrected chi connectivity index (χ3v) is 3.94. The molecule has 0 aromatic heterocycles. The number of nitrogens with zero attached hydrogens (tertiary/aromatic N) is 1. The minimum Gasteiger partial charge on any atom is -0.367 e. The highest BCUT2D eigenvalue weighted by Gasteiger charge is 2.40. The highest BCUT2D eigenvalue weighted by Crippen LogP contribution is 2.34. The third kappa shape index (κ3) is 3.95. The fourth-order valence-corrected chi connectivity index (χ4v) is 3.47. The molecule has 1 heterocycles. The van der Waals surface area contributed by atoms with E-state index in [4.69, 9.17) is 22.1 Å². The maximum atomic E-state index is 14.2. The van der Waals surface area contributed by atoms with E-state index in [2.05, 4.69) is 4.90 Å². The Labute approximate surface area is 131 Å². The van der Waals surface area contributed by atoms with Crippen molar-refractivity contribution in [1.82, 2.24) is 4.90 Å². The summed E-state index contributed by atoms with van der Waals surface area (Å²) in [4.78, 5) is 2.20. The molecule has 1 aliphatic heterocycles. The van der Waals surface area contributed by atoms with E-state index in [-0.39, 0.29) is 23.1 Å². The number of hydrogen-bond donors (Lipinski definition) is 1. The van der Waals surface area contributed by atoms with Gasteiger partial charge in [-0.3, -0.25) is 4.90 Å². The summed E-state index contributed by atoms with van der Waals surface area (Å²) in [6, 6.07) is 4.60. The Bertz CT molecular complexity index is 503. The number of morpholine rings is 1. The van der Waals surface area contributed by atoms with Gasteiger partial charge in [-0.2, -0.15) is 0 Å². The lowest BCUT2D eigenvalue weighted by Gasteiger charge is -2.49. The molecule has 1 aromatic carbocycles. The van der Waals surface area contributed by atoms with Crippen LogP contribution in [-0.2, 0) is 4.74 Å². The highest BCUT2D eigenvalue weighted by molar-refractivity contribution is 6.30. The zero-order chi connectivity index (χ0) is 15.8. The molecule has 2 rings (SSSR count). The predicted octanol–water partition coefficient (Wildman–Crippen LogP) is 3.37. The van der Waals surface area contributed by atoms with Gasteiger partial charge in [0.05, 0.1) is 17.2 Å². The highest BCUT2D eigenvalue weighted by atomic mass is 35.5. The Morgan fingerprint density at radius 2 is 1.86 bits per heavy atom. The van der Waals surface area contributed by atoms with E-state index in [1.165, 1.54) is 6.07 Å². The predicted molar refractivity (Wildman–Crippen MR) is 84.0 cm³/mol. The van der Waals surface area contributed by atoms with Crippen molar-refractivity contribution in [3.8, 4) is 0 Å². The first-order valence-electron chi connectivity index (χ1n) is 7.23. The van der Waals surface area contributed by atoms with Crippen molar-refractivity contribution in [3.63, 3.8) is 0 Å². The zero-order valence-electron chi connectivity index (χ0n) is 13.1. The van der Waals surface area contributed by atoms with Gasteiger partial charge in [0.1, 0.15) is 5.82 Å². The van der Waals surface area contributed by atoms with E-state index in [0.717, 1.165) is 0 Å². The maximum Gasteiger partial charge on any atom is 0.129 e. The van der Waals surface area contributed by atoms with E-state index >= 15 is 0 Å². The van der Waals surface area contributed by atoms with Crippen molar-refractivity contribution in [3.05, 3.63) is 34.6 Å². The van der Waals surface area contributed by atoms with Crippen molar-refractivity contribution in [2.24, 2.45) is 5.73 Å². The largest absolute Gasteiger partial charge is 0.367 e.